The number of fused-ring (bicyclic) bond motifs is 1. The molecule has 0 radical (unpaired) electrons. The van der Waals surface area contributed by atoms with E-state index in [1.165, 1.54) is 31.0 Å². The summed E-state index contributed by atoms with van der Waals surface area (Å²) in [7, 11) is 0. The number of aliphatic hydroxyl groups is 1. The average molecular weight is 525 g/mol. The summed E-state index contributed by atoms with van der Waals surface area (Å²) in [4.78, 5) is 15.0. The van der Waals surface area contributed by atoms with E-state index in [0.29, 0.717) is 23.3 Å². The average Bonchev–Trinajstić information content (AvgIpc) is 2.85. The highest BCUT2D eigenvalue weighted by Crippen LogP contribution is 2.45. The van der Waals surface area contributed by atoms with Gasteiger partial charge in [0.15, 0.2) is 5.60 Å². The largest absolute Gasteiger partial charge is 0.417 e. The van der Waals surface area contributed by atoms with Crippen molar-refractivity contribution >= 4 is 11.6 Å². The Kier molecular flexibility index (Phi) is 8.10. The fourth-order valence-electron chi connectivity index (χ4n) is 5.79. The molecule has 4 atom stereocenters. The molecule has 0 bridgehead atoms. The number of carbonyl (C=O) groups excluding carboxylic acids is 1. The van der Waals surface area contributed by atoms with Crippen molar-refractivity contribution in [1.29, 1.82) is 10.5 Å². The Morgan fingerprint density at radius 2 is 1.84 bits per heavy atom. The van der Waals surface area contributed by atoms with Crippen molar-refractivity contribution in [1.82, 2.24) is 4.90 Å². The molecule has 2 aliphatic rings. The lowest BCUT2D eigenvalue weighted by Crippen LogP contribution is -2.56. The molecule has 2 aromatic rings. The second-order valence-electron chi connectivity index (χ2n) is 10.8. The predicted molar refractivity (Wildman–Crippen MR) is 136 cm³/mol. The van der Waals surface area contributed by atoms with Crippen LogP contribution < -0.4 is 5.32 Å². The number of halogens is 3. The standard InChI is InChI=1S/C29H31F3N4O2/c1-28(38,27(37)35-24-11-9-21(15-34)26(13-24)29(30,31)32)18-36-16-22(25-12-10-23(25)17-36)4-2-3-19-5-7-20(14-33)8-6-19/h5-9,11,13,22-23,25,38H,2-4,10,12,16-18H2,1H3,(H,35,37). The minimum Gasteiger partial charge on any atom is -0.379 e. The van der Waals surface area contributed by atoms with Gasteiger partial charge in [0.05, 0.1) is 28.8 Å². The maximum Gasteiger partial charge on any atom is 0.417 e. The zero-order chi connectivity index (χ0) is 27.5. The molecule has 9 heteroatoms. The normalized spacial score (nSPS) is 22.8. The van der Waals surface area contributed by atoms with Gasteiger partial charge in [0.2, 0.25) is 0 Å². The van der Waals surface area contributed by atoms with Crippen LogP contribution in [0.4, 0.5) is 18.9 Å². The summed E-state index contributed by atoms with van der Waals surface area (Å²) in [6.07, 6.45) is 0.521. The molecule has 1 aliphatic heterocycles. The van der Waals surface area contributed by atoms with Crippen molar-refractivity contribution in [3.8, 4) is 12.1 Å². The van der Waals surface area contributed by atoms with E-state index < -0.39 is 28.8 Å². The van der Waals surface area contributed by atoms with Gasteiger partial charge in [0.25, 0.3) is 5.91 Å². The van der Waals surface area contributed by atoms with Crippen LogP contribution in [-0.2, 0) is 17.4 Å². The molecule has 6 nitrogen and oxygen atoms in total. The van der Waals surface area contributed by atoms with Crippen LogP contribution in [0, 0.1) is 40.4 Å². The number of aryl methyl sites for hydroxylation is 1. The third-order valence-electron chi connectivity index (χ3n) is 7.91. The van der Waals surface area contributed by atoms with Crippen LogP contribution in [0.15, 0.2) is 42.5 Å². The van der Waals surface area contributed by atoms with Gasteiger partial charge in [0, 0.05) is 25.3 Å². The first-order chi connectivity index (χ1) is 18.0. The highest BCUT2D eigenvalue weighted by molar-refractivity contribution is 5.97. The summed E-state index contributed by atoms with van der Waals surface area (Å²) < 4.78 is 39.9. The second-order valence-corrected chi connectivity index (χ2v) is 10.8. The Labute approximate surface area is 220 Å². The number of carbonyl (C=O) groups is 1. The quantitative estimate of drug-likeness (QED) is 0.499. The fourth-order valence-corrected chi connectivity index (χ4v) is 5.79. The number of nitriles is 2. The van der Waals surface area contributed by atoms with Crippen molar-refractivity contribution in [2.24, 2.45) is 17.8 Å². The smallest absolute Gasteiger partial charge is 0.379 e. The van der Waals surface area contributed by atoms with E-state index in [9.17, 15) is 23.1 Å². The molecule has 4 rings (SSSR count). The Balaban J connectivity index is 1.35. The zero-order valence-electron chi connectivity index (χ0n) is 21.3. The number of hydrogen-bond acceptors (Lipinski definition) is 5. The van der Waals surface area contributed by atoms with Gasteiger partial charge in [-0.25, -0.2) is 0 Å². The Hall–Kier alpha value is -3.40. The Morgan fingerprint density at radius 3 is 2.45 bits per heavy atom. The molecule has 2 fully saturated rings. The summed E-state index contributed by atoms with van der Waals surface area (Å²) in [5.74, 6) is 0.830. The SMILES string of the molecule is CC(O)(CN1CC(CCCc2ccc(C#N)cc2)C2CCC2C1)C(=O)Nc1ccc(C#N)c(C(F)(F)F)c1. The summed E-state index contributed by atoms with van der Waals surface area (Å²) >= 11 is 0. The summed E-state index contributed by atoms with van der Waals surface area (Å²) in [5.41, 5.74) is -1.76. The monoisotopic (exact) mass is 524 g/mol. The number of benzene rings is 2. The van der Waals surface area contributed by atoms with Gasteiger partial charge in [-0.05, 0) is 92.7 Å². The van der Waals surface area contributed by atoms with Crippen LogP contribution in [0.1, 0.15) is 54.9 Å². The van der Waals surface area contributed by atoms with E-state index in [1.807, 2.05) is 24.3 Å². The highest BCUT2D eigenvalue weighted by Gasteiger charge is 2.44. The van der Waals surface area contributed by atoms with Crippen LogP contribution in [0.2, 0.25) is 0 Å². The Morgan fingerprint density at radius 1 is 1.11 bits per heavy atom. The van der Waals surface area contributed by atoms with Crippen LogP contribution in [0.25, 0.3) is 0 Å². The van der Waals surface area contributed by atoms with E-state index in [0.717, 1.165) is 50.9 Å². The molecule has 1 aliphatic carbocycles. The van der Waals surface area contributed by atoms with Crippen LogP contribution in [0.3, 0.4) is 0 Å². The topological polar surface area (TPSA) is 100 Å². The predicted octanol–water partition coefficient (Wildman–Crippen LogP) is 5.12. The van der Waals surface area contributed by atoms with E-state index in [2.05, 4.69) is 16.3 Å². The summed E-state index contributed by atoms with van der Waals surface area (Å²) in [5, 5.41) is 31.3. The number of amides is 1. The Bertz CT molecular complexity index is 1240. The number of nitrogens with zero attached hydrogens (tertiary/aromatic N) is 3. The maximum atomic E-state index is 13.3. The molecule has 1 amide bonds. The molecule has 0 spiro atoms. The van der Waals surface area contributed by atoms with Crippen molar-refractivity contribution in [3.63, 3.8) is 0 Å². The number of nitrogens with one attached hydrogen (secondary N) is 1. The number of alkyl halides is 3. The van der Waals surface area contributed by atoms with Gasteiger partial charge in [-0.15, -0.1) is 0 Å². The molecule has 0 aromatic heterocycles. The molecule has 2 N–H and O–H groups in total. The fraction of sp³-hybridized carbons (Fsp3) is 0.483. The molecule has 200 valence electrons. The lowest BCUT2D eigenvalue weighted by molar-refractivity contribution is -0.138. The molecule has 4 unspecified atom stereocenters. The number of rotatable bonds is 8. The molecule has 2 aromatic carbocycles. The lowest BCUT2D eigenvalue weighted by atomic mass is 9.63. The number of likely N-dealkylation sites (tertiary alicyclic amines) is 1. The molecular formula is C29H31F3N4O2. The number of anilines is 1. The first-order valence-electron chi connectivity index (χ1n) is 12.9. The van der Waals surface area contributed by atoms with Gasteiger partial charge in [0.1, 0.15) is 0 Å². The lowest BCUT2D eigenvalue weighted by Gasteiger charge is -2.51. The van der Waals surface area contributed by atoms with Gasteiger partial charge in [-0.1, -0.05) is 12.1 Å². The van der Waals surface area contributed by atoms with E-state index in [1.54, 1.807) is 0 Å². The number of β-amino-alcohol motifs (C(OH)–C–C–N with tert-alkyl or cyclic N) is 1. The van der Waals surface area contributed by atoms with Crippen LogP contribution in [0.5, 0.6) is 0 Å². The summed E-state index contributed by atoms with van der Waals surface area (Å²) in [6.45, 7) is 3.00. The molecule has 38 heavy (non-hydrogen) atoms. The maximum absolute atomic E-state index is 13.3. The molecule has 1 saturated heterocycles. The van der Waals surface area contributed by atoms with Gasteiger partial charge in [-0.2, -0.15) is 23.7 Å². The minimum atomic E-state index is -4.74. The van der Waals surface area contributed by atoms with Gasteiger partial charge < -0.3 is 10.4 Å². The van der Waals surface area contributed by atoms with Gasteiger partial charge >= 0.3 is 6.18 Å². The zero-order valence-corrected chi connectivity index (χ0v) is 21.3. The molecule has 1 heterocycles. The van der Waals surface area contributed by atoms with Crippen LogP contribution >= 0.6 is 0 Å². The second kappa shape index (κ2) is 11.1. The van der Waals surface area contributed by atoms with Crippen molar-refractivity contribution in [3.05, 3.63) is 64.7 Å². The highest BCUT2D eigenvalue weighted by atomic mass is 19.4. The van der Waals surface area contributed by atoms with E-state index in [4.69, 9.17) is 10.5 Å². The van der Waals surface area contributed by atoms with Crippen LogP contribution in [-0.4, -0.2) is 41.1 Å². The summed E-state index contributed by atoms with van der Waals surface area (Å²) in [6, 6.07) is 14.2. The van der Waals surface area contributed by atoms with E-state index in [-0.39, 0.29) is 12.2 Å². The third-order valence-corrected chi connectivity index (χ3v) is 7.91. The third kappa shape index (κ3) is 6.35. The van der Waals surface area contributed by atoms with Gasteiger partial charge in [-0.3, -0.25) is 9.69 Å². The van der Waals surface area contributed by atoms with Crippen molar-refractivity contribution in [2.75, 3.05) is 25.0 Å². The number of hydrogen-bond donors (Lipinski definition) is 2. The molecular weight excluding hydrogens is 493 g/mol. The molecule has 1 saturated carbocycles. The first-order valence-corrected chi connectivity index (χ1v) is 12.9. The first kappa shape index (κ1) is 27.6. The minimum absolute atomic E-state index is 0.0799. The van der Waals surface area contributed by atoms with Crippen molar-refractivity contribution < 1.29 is 23.1 Å². The number of piperidine rings is 1. The van der Waals surface area contributed by atoms with Crippen molar-refractivity contribution in [2.45, 2.75) is 50.8 Å². The van der Waals surface area contributed by atoms with E-state index >= 15 is 0 Å².